The van der Waals surface area contributed by atoms with Crippen molar-refractivity contribution in [3.8, 4) is 0 Å². The minimum Gasteiger partial charge on any atom is -0.478 e. The number of carbonyl (C=O) groups is 1. The lowest BCUT2D eigenvalue weighted by Gasteiger charge is -2.05. The van der Waals surface area contributed by atoms with Crippen molar-refractivity contribution in [1.29, 1.82) is 0 Å². The Morgan fingerprint density at radius 1 is 1.56 bits per heavy atom. The van der Waals surface area contributed by atoms with Gasteiger partial charge in [0.25, 0.3) is 0 Å². The molecule has 1 heterocycles. The SMILES string of the molecule is Cc1nc(Sc2cc(C(=O)O)c(N)cc2F)n[nH]1. The third-order valence-corrected chi connectivity index (χ3v) is 3.01. The number of aromatic nitrogens is 3. The summed E-state index contributed by atoms with van der Waals surface area (Å²) >= 11 is 0.928. The fraction of sp³-hybridized carbons (Fsp3) is 0.100. The number of rotatable bonds is 3. The quantitative estimate of drug-likeness (QED) is 0.731. The normalized spacial score (nSPS) is 10.6. The Labute approximate surface area is 105 Å². The molecule has 0 bridgehead atoms. The monoisotopic (exact) mass is 268 g/mol. The summed E-state index contributed by atoms with van der Waals surface area (Å²) in [6.45, 7) is 1.71. The number of H-pyrrole nitrogens is 1. The van der Waals surface area contributed by atoms with Gasteiger partial charge < -0.3 is 10.8 Å². The highest BCUT2D eigenvalue weighted by Gasteiger charge is 2.15. The maximum atomic E-state index is 13.6. The fourth-order valence-corrected chi connectivity index (χ4v) is 2.10. The molecule has 18 heavy (non-hydrogen) atoms. The van der Waals surface area contributed by atoms with Crippen molar-refractivity contribution >= 4 is 23.4 Å². The van der Waals surface area contributed by atoms with E-state index in [2.05, 4.69) is 15.2 Å². The number of anilines is 1. The van der Waals surface area contributed by atoms with E-state index in [-0.39, 0.29) is 16.1 Å². The molecule has 0 amide bonds. The van der Waals surface area contributed by atoms with Gasteiger partial charge >= 0.3 is 5.97 Å². The number of hydrogen-bond acceptors (Lipinski definition) is 5. The maximum absolute atomic E-state index is 13.6. The summed E-state index contributed by atoms with van der Waals surface area (Å²) in [5.41, 5.74) is 5.16. The molecular weight excluding hydrogens is 259 g/mol. The number of hydrogen-bond donors (Lipinski definition) is 3. The minimum atomic E-state index is -1.21. The summed E-state index contributed by atoms with van der Waals surface area (Å²) in [5.74, 6) is -1.22. The van der Waals surface area contributed by atoms with E-state index < -0.39 is 11.8 Å². The van der Waals surface area contributed by atoms with Crippen LogP contribution in [0.5, 0.6) is 0 Å². The Balaban J connectivity index is 2.38. The second-order valence-corrected chi connectivity index (χ2v) is 4.49. The zero-order chi connectivity index (χ0) is 13.3. The number of nitrogens with two attached hydrogens (primary N) is 1. The predicted octanol–water partition coefficient (Wildman–Crippen LogP) is 1.68. The van der Waals surface area contributed by atoms with Crippen molar-refractivity contribution in [2.75, 3.05) is 5.73 Å². The van der Waals surface area contributed by atoms with Gasteiger partial charge in [-0.15, -0.1) is 5.10 Å². The second kappa shape index (κ2) is 4.65. The molecule has 0 radical (unpaired) electrons. The van der Waals surface area contributed by atoms with Crippen LogP contribution in [0.4, 0.5) is 10.1 Å². The number of carboxylic acid groups (broad SMARTS) is 1. The van der Waals surface area contributed by atoms with Crippen LogP contribution in [0.15, 0.2) is 22.2 Å². The summed E-state index contributed by atoms with van der Waals surface area (Å²) in [7, 11) is 0. The van der Waals surface area contributed by atoms with Crippen molar-refractivity contribution < 1.29 is 14.3 Å². The molecule has 1 aromatic heterocycles. The van der Waals surface area contributed by atoms with Crippen LogP contribution in [0.1, 0.15) is 16.2 Å². The van der Waals surface area contributed by atoms with E-state index in [1.807, 2.05) is 0 Å². The summed E-state index contributed by atoms with van der Waals surface area (Å²) < 4.78 is 13.6. The lowest BCUT2D eigenvalue weighted by atomic mass is 10.2. The van der Waals surface area contributed by atoms with E-state index in [1.165, 1.54) is 6.07 Å². The van der Waals surface area contributed by atoms with Crippen LogP contribution in [-0.4, -0.2) is 26.3 Å². The number of benzene rings is 1. The van der Waals surface area contributed by atoms with Gasteiger partial charge in [-0.1, -0.05) is 0 Å². The molecule has 1 aromatic carbocycles. The van der Waals surface area contributed by atoms with Gasteiger partial charge in [0.1, 0.15) is 11.6 Å². The molecule has 0 saturated heterocycles. The first-order valence-corrected chi connectivity index (χ1v) is 5.68. The van der Waals surface area contributed by atoms with Crippen LogP contribution in [0.3, 0.4) is 0 Å². The molecule has 2 rings (SSSR count). The first-order chi connectivity index (χ1) is 8.47. The van der Waals surface area contributed by atoms with Gasteiger partial charge in [-0.3, -0.25) is 5.10 Å². The lowest BCUT2D eigenvalue weighted by molar-refractivity contribution is 0.0697. The number of nitrogens with zero attached hydrogens (tertiary/aromatic N) is 2. The van der Waals surface area contributed by atoms with Crippen LogP contribution in [-0.2, 0) is 0 Å². The van der Waals surface area contributed by atoms with E-state index in [4.69, 9.17) is 10.8 Å². The molecular formula is C10H9FN4O2S. The first-order valence-electron chi connectivity index (χ1n) is 4.86. The Hall–Kier alpha value is -2.09. The fourth-order valence-electron chi connectivity index (χ4n) is 1.30. The van der Waals surface area contributed by atoms with Crippen molar-refractivity contribution in [3.63, 3.8) is 0 Å². The van der Waals surface area contributed by atoms with Gasteiger partial charge in [0.2, 0.25) is 5.16 Å². The molecule has 0 saturated carbocycles. The molecule has 8 heteroatoms. The molecule has 0 aliphatic carbocycles. The summed E-state index contributed by atoms with van der Waals surface area (Å²) in [5, 5.41) is 15.7. The highest BCUT2D eigenvalue weighted by Crippen LogP contribution is 2.30. The van der Waals surface area contributed by atoms with E-state index in [0.717, 1.165) is 17.8 Å². The molecule has 0 spiro atoms. The van der Waals surface area contributed by atoms with E-state index in [0.29, 0.717) is 11.0 Å². The molecule has 0 fully saturated rings. The predicted molar refractivity (Wildman–Crippen MR) is 63.0 cm³/mol. The number of carboxylic acids is 1. The van der Waals surface area contributed by atoms with Crippen molar-refractivity contribution in [1.82, 2.24) is 15.2 Å². The standard InChI is InChI=1S/C10H9FN4O2S/c1-4-13-10(15-14-4)18-8-2-5(9(16)17)7(12)3-6(8)11/h2-3H,12H2,1H3,(H,16,17)(H,13,14,15). The van der Waals surface area contributed by atoms with E-state index in [9.17, 15) is 9.18 Å². The van der Waals surface area contributed by atoms with Gasteiger partial charge in [-0.2, -0.15) is 0 Å². The largest absolute Gasteiger partial charge is 0.478 e. The van der Waals surface area contributed by atoms with Crippen LogP contribution >= 0.6 is 11.8 Å². The number of nitrogen functional groups attached to an aromatic ring is 1. The van der Waals surface area contributed by atoms with Gasteiger partial charge in [-0.05, 0) is 30.8 Å². The minimum absolute atomic E-state index is 0.112. The molecule has 0 atom stereocenters. The Morgan fingerprint density at radius 2 is 2.28 bits per heavy atom. The summed E-state index contributed by atoms with van der Waals surface area (Å²) in [6, 6.07) is 2.15. The second-order valence-electron chi connectivity index (χ2n) is 3.48. The Morgan fingerprint density at radius 3 is 2.83 bits per heavy atom. The van der Waals surface area contributed by atoms with Crippen molar-refractivity contribution in [3.05, 3.63) is 29.3 Å². The Kier molecular flexibility index (Phi) is 3.19. The van der Waals surface area contributed by atoms with Gasteiger partial charge in [0.15, 0.2) is 0 Å². The van der Waals surface area contributed by atoms with Gasteiger partial charge in [-0.25, -0.2) is 14.2 Å². The number of nitrogens with one attached hydrogen (secondary N) is 1. The highest BCUT2D eigenvalue weighted by molar-refractivity contribution is 7.99. The highest BCUT2D eigenvalue weighted by atomic mass is 32.2. The van der Waals surface area contributed by atoms with E-state index >= 15 is 0 Å². The molecule has 2 aromatic rings. The number of aromatic amines is 1. The summed E-state index contributed by atoms with van der Waals surface area (Å²) in [4.78, 5) is 15.0. The zero-order valence-electron chi connectivity index (χ0n) is 9.27. The molecule has 0 unspecified atom stereocenters. The smallest absolute Gasteiger partial charge is 0.337 e. The topological polar surface area (TPSA) is 105 Å². The molecule has 6 nitrogen and oxygen atoms in total. The molecule has 4 N–H and O–H groups in total. The molecule has 0 aliphatic rings. The Bertz CT molecular complexity index is 614. The van der Waals surface area contributed by atoms with Crippen LogP contribution in [0.25, 0.3) is 0 Å². The van der Waals surface area contributed by atoms with Crippen LogP contribution in [0.2, 0.25) is 0 Å². The average Bonchev–Trinajstić information content (AvgIpc) is 2.67. The lowest BCUT2D eigenvalue weighted by Crippen LogP contribution is -2.03. The third-order valence-electron chi connectivity index (χ3n) is 2.11. The third kappa shape index (κ3) is 2.43. The number of aryl methyl sites for hydroxylation is 1. The maximum Gasteiger partial charge on any atom is 0.337 e. The molecule has 0 aliphatic heterocycles. The van der Waals surface area contributed by atoms with Crippen molar-refractivity contribution in [2.24, 2.45) is 0 Å². The van der Waals surface area contributed by atoms with Crippen LogP contribution in [0, 0.1) is 12.7 Å². The van der Waals surface area contributed by atoms with Gasteiger partial charge in [0.05, 0.1) is 10.5 Å². The van der Waals surface area contributed by atoms with Crippen LogP contribution < -0.4 is 5.73 Å². The van der Waals surface area contributed by atoms with Gasteiger partial charge in [0, 0.05) is 5.69 Å². The average molecular weight is 268 g/mol. The zero-order valence-corrected chi connectivity index (χ0v) is 10.1. The summed E-state index contributed by atoms with van der Waals surface area (Å²) in [6.07, 6.45) is 0. The number of aromatic carboxylic acids is 1. The first kappa shape index (κ1) is 12.4. The van der Waals surface area contributed by atoms with Crippen molar-refractivity contribution in [2.45, 2.75) is 17.0 Å². The molecule has 94 valence electrons. The van der Waals surface area contributed by atoms with E-state index in [1.54, 1.807) is 6.92 Å². The number of halogens is 1.